The minimum absolute atomic E-state index is 0.134. The van der Waals surface area contributed by atoms with E-state index >= 15 is 0 Å². The first kappa shape index (κ1) is 15.5. The van der Waals surface area contributed by atoms with Crippen LogP contribution in [0.1, 0.15) is 28.4 Å². The second-order valence-corrected chi connectivity index (χ2v) is 5.98. The standard InChI is InChI=1S/C16H13BrN2O4/c17-12-6-5-10(9-14(12)19(21)22)16(20)18-13-7-8-23-15-4-2-1-3-11(13)15/h1-6,9,13H,7-8H2,(H,18,20). The number of rotatable bonds is 3. The Morgan fingerprint density at radius 2 is 2.09 bits per heavy atom. The number of amides is 1. The van der Waals surface area contributed by atoms with Gasteiger partial charge in [-0.25, -0.2) is 0 Å². The Morgan fingerprint density at radius 3 is 2.87 bits per heavy atom. The molecule has 23 heavy (non-hydrogen) atoms. The molecule has 0 fully saturated rings. The highest BCUT2D eigenvalue weighted by molar-refractivity contribution is 9.10. The lowest BCUT2D eigenvalue weighted by Gasteiger charge is -2.26. The summed E-state index contributed by atoms with van der Waals surface area (Å²) in [5, 5.41) is 13.9. The van der Waals surface area contributed by atoms with Crippen molar-refractivity contribution >= 4 is 27.5 Å². The van der Waals surface area contributed by atoms with Gasteiger partial charge in [-0.1, -0.05) is 18.2 Å². The highest BCUT2D eigenvalue weighted by Gasteiger charge is 2.24. The molecule has 0 spiro atoms. The molecule has 1 aliphatic heterocycles. The van der Waals surface area contributed by atoms with Gasteiger partial charge in [-0.05, 0) is 34.1 Å². The number of nitrogens with one attached hydrogen (secondary N) is 1. The quantitative estimate of drug-likeness (QED) is 0.655. The molecule has 2 aromatic rings. The van der Waals surface area contributed by atoms with Crippen LogP contribution in [0.5, 0.6) is 5.75 Å². The van der Waals surface area contributed by atoms with Gasteiger partial charge in [0.15, 0.2) is 0 Å². The molecule has 1 aliphatic rings. The number of benzene rings is 2. The van der Waals surface area contributed by atoms with Crippen LogP contribution in [0, 0.1) is 10.1 Å². The third-order valence-electron chi connectivity index (χ3n) is 3.67. The summed E-state index contributed by atoms with van der Waals surface area (Å²) in [6.07, 6.45) is 0.654. The Labute approximate surface area is 140 Å². The minimum Gasteiger partial charge on any atom is -0.493 e. The van der Waals surface area contributed by atoms with Crippen molar-refractivity contribution in [2.75, 3.05) is 6.61 Å². The van der Waals surface area contributed by atoms with Gasteiger partial charge in [0.1, 0.15) is 5.75 Å². The first-order valence-corrected chi connectivity index (χ1v) is 7.82. The van der Waals surface area contributed by atoms with Crippen LogP contribution in [0.2, 0.25) is 0 Å². The van der Waals surface area contributed by atoms with Crippen molar-refractivity contribution < 1.29 is 14.5 Å². The highest BCUT2D eigenvalue weighted by Crippen LogP contribution is 2.32. The zero-order valence-electron chi connectivity index (χ0n) is 12.0. The Balaban J connectivity index is 1.83. The van der Waals surface area contributed by atoms with Gasteiger partial charge in [-0.3, -0.25) is 14.9 Å². The van der Waals surface area contributed by atoms with Crippen LogP contribution < -0.4 is 10.1 Å². The summed E-state index contributed by atoms with van der Waals surface area (Å²) >= 11 is 3.11. The number of carbonyl (C=O) groups excluding carboxylic acids is 1. The van der Waals surface area contributed by atoms with Gasteiger partial charge < -0.3 is 10.1 Å². The monoisotopic (exact) mass is 376 g/mol. The molecule has 1 amide bonds. The van der Waals surface area contributed by atoms with Crippen molar-refractivity contribution in [3.63, 3.8) is 0 Å². The molecule has 2 aromatic carbocycles. The predicted molar refractivity (Wildman–Crippen MR) is 87.6 cm³/mol. The van der Waals surface area contributed by atoms with E-state index in [0.29, 0.717) is 17.5 Å². The molecule has 0 bridgehead atoms. The van der Waals surface area contributed by atoms with Gasteiger partial charge in [0.05, 0.1) is 22.0 Å². The molecular formula is C16H13BrN2O4. The molecular weight excluding hydrogens is 364 g/mol. The molecule has 0 saturated carbocycles. The topological polar surface area (TPSA) is 81.5 Å². The Kier molecular flexibility index (Phi) is 4.29. The van der Waals surface area contributed by atoms with E-state index in [1.54, 1.807) is 6.07 Å². The molecule has 0 radical (unpaired) electrons. The van der Waals surface area contributed by atoms with Crippen LogP contribution in [0.25, 0.3) is 0 Å². The van der Waals surface area contributed by atoms with E-state index < -0.39 is 4.92 Å². The van der Waals surface area contributed by atoms with Crippen molar-refractivity contribution in [1.29, 1.82) is 0 Å². The van der Waals surface area contributed by atoms with Gasteiger partial charge in [0, 0.05) is 23.6 Å². The molecule has 7 heteroatoms. The first-order valence-electron chi connectivity index (χ1n) is 7.03. The fourth-order valence-corrected chi connectivity index (χ4v) is 2.92. The summed E-state index contributed by atoms with van der Waals surface area (Å²) in [5.74, 6) is 0.410. The van der Waals surface area contributed by atoms with Crippen molar-refractivity contribution in [3.05, 3.63) is 68.2 Å². The van der Waals surface area contributed by atoms with Crippen LogP contribution in [-0.4, -0.2) is 17.4 Å². The third kappa shape index (κ3) is 3.19. The molecule has 0 aliphatic carbocycles. The highest BCUT2D eigenvalue weighted by atomic mass is 79.9. The summed E-state index contributed by atoms with van der Waals surface area (Å²) < 4.78 is 5.90. The fraction of sp³-hybridized carbons (Fsp3) is 0.188. The number of carbonyl (C=O) groups is 1. The molecule has 0 aromatic heterocycles. The van der Waals surface area contributed by atoms with Gasteiger partial charge in [-0.15, -0.1) is 0 Å². The Morgan fingerprint density at radius 1 is 1.30 bits per heavy atom. The minimum atomic E-state index is -0.523. The summed E-state index contributed by atoms with van der Waals surface area (Å²) in [7, 11) is 0. The second-order valence-electron chi connectivity index (χ2n) is 5.12. The van der Waals surface area contributed by atoms with E-state index in [2.05, 4.69) is 21.2 Å². The molecule has 118 valence electrons. The van der Waals surface area contributed by atoms with Crippen molar-refractivity contribution in [2.24, 2.45) is 0 Å². The number of hydrogen-bond acceptors (Lipinski definition) is 4. The molecule has 3 rings (SSSR count). The maximum Gasteiger partial charge on any atom is 0.284 e. The lowest BCUT2D eigenvalue weighted by molar-refractivity contribution is -0.385. The van der Waals surface area contributed by atoms with Crippen molar-refractivity contribution in [3.8, 4) is 5.75 Å². The molecule has 1 atom stereocenters. The van der Waals surface area contributed by atoms with Gasteiger partial charge >= 0.3 is 0 Å². The number of para-hydroxylation sites is 1. The summed E-state index contributed by atoms with van der Waals surface area (Å²) in [5.41, 5.74) is 1.03. The predicted octanol–water partition coefficient (Wildman–Crippen LogP) is 3.61. The first-order chi connectivity index (χ1) is 11.1. The fourth-order valence-electron chi connectivity index (χ4n) is 2.53. The number of hydrogen-bond donors (Lipinski definition) is 1. The molecule has 0 saturated heterocycles. The SMILES string of the molecule is O=C(NC1CCOc2ccccc21)c1ccc(Br)c([N+](=O)[O-])c1. The van der Waals surface area contributed by atoms with Crippen LogP contribution in [-0.2, 0) is 0 Å². The maximum atomic E-state index is 12.4. The van der Waals surface area contributed by atoms with Crippen LogP contribution in [0.3, 0.4) is 0 Å². The van der Waals surface area contributed by atoms with Crippen molar-refractivity contribution in [2.45, 2.75) is 12.5 Å². The zero-order valence-corrected chi connectivity index (χ0v) is 13.6. The number of halogens is 1. The maximum absolute atomic E-state index is 12.4. The molecule has 1 heterocycles. The number of nitrogens with zero attached hydrogens (tertiary/aromatic N) is 1. The van der Waals surface area contributed by atoms with Crippen LogP contribution >= 0.6 is 15.9 Å². The average Bonchev–Trinajstić information content (AvgIpc) is 2.55. The number of nitro groups is 1. The average molecular weight is 377 g/mol. The largest absolute Gasteiger partial charge is 0.493 e. The molecule has 1 N–H and O–H groups in total. The van der Waals surface area contributed by atoms with E-state index in [-0.39, 0.29) is 23.2 Å². The number of fused-ring (bicyclic) bond motifs is 1. The molecule has 6 nitrogen and oxygen atoms in total. The summed E-state index contributed by atoms with van der Waals surface area (Å²) in [4.78, 5) is 22.9. The van der Waals surface area contributed by atoms with Crippen molar-refractivity contribution in [1.82, 2.24) is 5.32 Å². The Bertz CT molecular complexity index is 778. The normalized spacial score (nSPS) is 16.1. The van der Waals surface area contributed by atoms with E-state index in [1.807, 2.05) is 24.3 Å². The Hall–Kier alpha value is -2.41. The zero-order chi connectivity index (χ0) is 16.4. The second kappa shape index (κ2) is 6.37. The number of nitro benzene ring substituents is 1. The summed E-state index contributed by atoms with van der Waals surface area (Å²) in [6.45, 7) is 0.516. The van der Waals surface area contributed by atoms with E-state index in [4.69, 9.17) is 4.74 Å². The smallest absolute Gasteiger partial charge is 0.284 e. The van der Waals surface area contributed by atoms with E-state index in [0.717, 1.165) is 11.3 Å². The van der Waals surface area contributed by atoms with Gasteiger partial charge in [-0.2, -0.15) is 0 Å². The van der Waals surface area contributed by atoms with E-state index in [1.165, 1.54) is 12.1 Å². The molecule has 1 unspecified atom stereocenters. The lowest BCUT2D eigenvalue weighted by Crippen LogP contribution is -2.32. The number of ether oxygens (including phenoxy) is 1. The van der Waals surface area contributed by atoms with Crippen LogP contribution in [0.15, 0.2) is 46.9 Å². The summed E-state index contributed by atoms with van der Waals surface area (Å²) in [6, 6.07) is 11.7. The lowest BCUT2D eigenvalue weighted by atomic mass is 10.00. The van der Waals surface area contributed by atoms with E-state index in [9.17, 15) is 14.9 Å². The van der Waals surface area contributed by atoms with Gasteiger partial charge in [0.2, 0.25) is 0 Å². The van der Waals surface area contributed by atoms with Gasteiger partial charge in [0.25, 0.3) is 11.6 Å². The van der Waals surface area contributed by atoms with Crippen LogP contribution in [0.4, 0.5) is 5.69 Å². The third-order valence-corrected chi connectivity index (χ3v) is 4.34.